The molecule has 0 N–H and O–H groups in total. The van der Waals surface area contributed by atoms with Crippen molar-refractivity contribution in [3.8, 4) is 0 Å². The Balaban J connectivity index is 2.29. The quantitative estimate of drug-likeness (QED) is 0.463. The van der Waals surface area contributed by atoms with Crippen LogP contribution in [0.25, 0.3) is 0 Å². The van der Waals surface area contributed by atoms with E-state index in [1.807, 2.05) is 0 Å². The molecule has 0 aromatic carbocycles. The Labute approximate surface area is 74.9 Å². The van der Waals surface area contributed by atoms with Crippen LogP contribution in [0, 0.1) is 5.92 Å². The van der Waals surface area contributed by atoms with Crippen LogP contribution in [0.5, 0.6) is 0 Å². The Kier molecular flexibility index (Phi) is 4.06. The molecule has 1 rings (SSSR count). The van der Waals surface area contributed by atoms with Crippen molar-refractivity contribution in [1.29, 1.82) is 0 Å². The maximum atomic E-state index is 10.1. The standard InChI is InChI=1S/C11H18O/c1-2-10-5-7-11(8-6-10)4-3-9-12/h7,9-10H,2-6,8H2,1H3. The van der Waals surface area contributed by atoms with Crippen molar-refractivity contribution in [3.05, 3.63) is 11.6 Å². The Morgan fingerprint density at radius 1 is 1.67 bits per heavy atom. The SMILES string of the molecule is CCC1CC=C(CCC=O)CC1. The summed E-state index contributed by atoms with van der Waals surface area (Å²) in [6, 6.07) is 0. The third-order valence-electron chi connectivity index (χ3n) is 2.77. The minimum atomic E-state index is 0.711. The summed E-state index contributed by atoms with van der Waals surface area (Å²) in [5.41, 5.74) is 1.51. The first-order valence-corrected chi connectivity index (χ1v) is 4.98. The third-order valence-corrected chi connectivity index (χ3v) is 2.77. The van der Waals surface area contributed by atoms with Gasteiger partial charge in [-0.05, 0) is 31.6 Å². The van der Waals surface area contributed by atoms with Crippen LogP contribution in [-0.2, 0) is 4.79 Å². The van der Waals surface area contributed by atoms with Crippen molar-refractivity contribution in [2.24, 2.45) is 5.92 Å². The van der Waals surface area contributed by atoms with Crippen molar-refractivity contribution in [2.45, 2.75) is 45.4 Å². The fourth-order valence-corrected chi connectivity index (χ4v) is 1.78. The van der Waals surface area contributed by atoms with Gasteiger partial charge in [-0.2, -0.15) is 0 Å². The second kappa shape index (κ2) is 5.13. The first-order chi connectivity index (χ1) is 5.86. The van der Waals surface area contributed by atoms with Gasteiger partial charge in [0.05, 0.1) is 0 Å². The molecule has 1 unspecified atom stereocenters. The molecule has 1 aliphatic rings. The van der Waals surface area contributed by atoms with Crippen LogP contribution >= 0.6 is 0 Å². The lowest BCUT2D eigenvalue weighted by Crippen LogP contribution is -2.04. The summed E-state index contributed by atoms with van der Waals surface area (Å²) in [4.78, 5) is 10.1. The molecule has 0 aromatic rings. The zero-order valence-corrected chi connectivity index (χ0v) is 7.88. The van der Waals surface area contributed by atoms with Crippen molar-refractivity contribution < 1.29 is 4.79 Å². The van der Waals surface area contributed by atoms with Gasteiger partial charge in [0.15, 0.2) is 0 Å². The van der Waals surface area contributed by atoms with Gasteiger partial charge in [-0.3, -0.25) is 0 Å². The van der Waals surface area contributed by atoms with Crippen LogP contribution in [0.1, 0.15) is 45.4 Å². The topological polar surface area (TPSA) is 17.1 Å². The molecule has 0 fully saturated rings. The summed E-state index contributed by atoms with van der Waals surface area (Å²) in [5, 5.41) is 0. The summed E-state index contributed by atoms with van der Waals surface area (Å²) >= 11 is 0. The summed E-state index contributed by atoms with van der Waals surface area (Å²) in [7, 11) is 0. The fraction of sp³-hybridized carbons (Fsp3) is 0.727. The predicted molar refractivity (Wildman–Crippen MR) is 51.0 cm³/mol. The Morgan fingerprint density at radius 2 is 2.50 bits per heavy atom. The number of carbonyl (C=O) groups excluding carboxylic acids is 1. The number of carbonyl (C=O) groups is 1. The highest BCUT2D eigenvalue weighted by atomic mass is 16.1. The normalized spacial score (nSPS) is 23.4. The maximum Gasteiger partial charge on any atom is 0.120 e. The Bertz CT molecular complexity index is 170. The highest BCUT2D eigenvalue weighted by Crippen LogP contribution is 2.27. The number of hydrogen-bond donors (Lipinski definition) is 0. The van der Waals surface area contributed by atoms with Gasteiger partial charge in [-0.15, -0.1) is 0 Å². The summed E-state index contributed by atoms with van der Waals surface area (Å²) in [6.45, 7) is 2.26. The molecule has 0 saturated heterocycles. The van der Waals surface area contributed by atoms with Crippen LogP contribution in [0.2, 0.25) is 0 Å². The molecule has 12 heavy (non-hydrogen) atoms. The van der Waals surface area contributed by atoms with E-state index in [0.29, 0.717) is 6.42 Å². The molecule has 0 aromatic heterocycles. The molecule has 0 saturated carbocycles. The lowest BCUT2D eigenvalue weighted by atomic mass is 9.86. The molecule has 1 atom stereocenters. The van der Waals surface area contributed by atoms with E-state index in [1.54, 1.807) is 0 Å². The summed E-state index contributed by atoms with van der Waals surface area (Å²) in [6.07, 6.45) is 10.2. The first-order valence-electron chi connectivity index (χ1n) is 4.98. The monoisotopic (exact) mass is 166 g/mol. The second-order valence-corrected chi connectivity index (χ2v) is 3.62. The molecule has 0 spiro atoms. The van der Waals surface area contributed by atoms with E-state index in [-0.39, 0.29) is 0 Å². The zero-order valence-electron chi connectivity index (χ0n) is 7.88. The van der Waals surface area contributed by atoms with Gasteiger partial charge < -0.3 is 4.79 Å². The van der Waals surface area contributed by atoms with Crippen molar-refractivity contribution in [2.75, 3.05) is 0 Å². The molecule has 68 valence electrons. The Morgan fingerprint density at radius 3 is 3.00 bits per heavy atom. The average molecular weight is 166 g/mol. The molecule has 0 bridgehead atoms. The average Bonchev–Trinajstić information content (AvgIpc) is 2.15. The summed E-state index contributed by atoms with van der Waals surface area (Å²) < 4.78 is 0. The largest absolute Gasteiger partial charge is 0.303 e. The van der Waals surface area contributed by atoms with E-state index >= 15 is 0 Å². The van der Waals surface area contributed by atoms with Crippen molar-refractivity contribution in [3.63, 3.8) is 0 Å². The van der Waals surface area contributed by atoms with E-state index in [4.69, 9.17) is 0 Å². The highest BCUT2D eigenvalue weighted by molar-refractivity contribution is 5.49. The molecule has 1 nitrogen and oxygen atoms in total. The third kappa shape index (κ3) is 2.80. The van der Waals surface area contributed by atoms with Gasteiger partial charge in [0.25, 0.3) is 0 Å². The van der Waals surface area contributed by atoms with Gasteiger partial charge in [0.1, 0.15) is 6.29 Å². The van der Waals surface area contributed by atoms with E-state index in [9.17, 15) is 4.79 Å². The van der Waals surface area contributed by atoms with Gasteiger partial charge >= 0.3 is 0 Å². The predicted octanol–water partition coefficient (Wildman–Crippen LogP) is 3.10. The van der Waals surface area contributed by atoms with Crippen molar-refractivity contribution in [1.82, 2.24) is 0 Å². The molecular formula is C11H18O. The number of rotatable bonds is 4. The van der Waals surface area contributed by atoms with E-state index < -0.39 is 0 Å². The highest BCUT2D eigenvalue weighted by Gasteiger charge is 2.11. The van der Waals surface area contributed by atoms with Gasteiger partial charge in [-0.25, -0.2) is 0 Å². The van der Waals surface area contributed by atoms with Crippen molar-refractivity contribution >= 4 is 6.29 Å². The van der Waals surface area contributed by atoms with Crippen LogP contribution in [0.15, 0.2) is 11.6 Å². The molecule has 1 aliphatic carbocycles. The smallest absolute Gasteiger partial charge is 0.120 e. The Hall–Kier alpha value is -0.590. The van der Waals surface area contributed by atoms with E-state index in [0.717, 1.165) is 18.6 Å². The minimum absolute atomic E-state index is 0.711. The van der Waals surface area contributed by atoms with Gasteiger partial charge in [0.2, 0.25) is 0 Å². The number of allylic oxidation sites excluding steroid dienone is 2. The van der Waals surface area contributed by atoms with Crippen LogP contribution in [0.3, 0.4) is 0 Å². The molecule has 1 heteroatoms. The van der Waals surface area contributed by atoms with Crippen LogP contribution in [-0.4, -0.2) is 6.29 Å². The fourth-order valence-electron chi connectivity index (χ4n) is 1.78. The molecular weight excluding hydrogens is 148 g/mol. The summed E-state index contributed by atoms with van der Waals surface area (Å²) in [5.74, 6) is 0.907. The van der Waals surface area contributed by atoms with Gasteiger partial charge in [-0.1, -0.05) is 25.0 Å². The maximum absolute atomic E-state index is 10.1. The number of aldehydes is 1. The lowest BCUT2D eigenvalue weighted by molar-refractivity contribution is -0.107. The lowest BCUT2D eigenvalue weighted by Gasteiger charge is -2.19. The molecule has 0 amide bonds. The molecule has 0 heterocycles. The zero-order chi connectivity index (χ0) is 8.81. The first kappa shape index (κ1) is 9.50. The minimum Gasteiger partial charge on any atom is -0.303 e. The van der Waals surface area contributed by atoms with Gasteiger partial charge in [0, 0.05) is 6.42 Å². The molecule has 0 aliphatic heterocycles. The van der Waals surface area contributed by atoms with Crippen LogP contribution in [0.4, 0.5) is 0 Å². The van der Waals surface area contributed by atoms with Crippen LogP contribution < -0.4 is 0 Å². The number of hydrogen-bond acceptors (Lipinski definition) is 1. The van der Waals surface area contributed by atoms with E-state index in [1.165, 1.54) is 31.3 Å². The second-order valence-electron chi connectivity index (χ2n) is 3.62. The molecule has 0 radical (unpaired) electrons. The van der Waals surface area contributed by atoms with E-state index in [2.05, 4.69) is 13.0 Å².